The number of likely N-dealkylation sites (tertiary alicyclic amines) is 1. The van der Waals surface area contributed by atoms with Crippen molar-refractivity contribution in [3.63, 3.8) is 0 Å². The maximum Gasteiger partial charge on any atom is 0.265 e. The first-order valence-electron chi connectivity index (χ1n) is 10.5. The minimum Gasteiger partial charge on any atom is -0.478 e. The number of anilines is 1. The van der Waals surface area contributed by atoms with E-state index in [0.29, 0.717) is 17.0 Å². The molecule has 1 fully saturated rings. The maximum atomic E-state index is 13.2. The van der Waals surface area contributed by atoms with Crippen molar-refractivity contribution in [3.05, 3.63) is 53.9 Å². The van der Waals surface area contributed by atoms with E-state index in [1.54, 1.807) is 25.1 Å². The van der Waals surface area contributed by atoms with Crippen LogP contribution in [-0.2, 0) is 11.2 Å². The molecule has 0 bridgehead atoms. The number of rotatable bonds is 5. The minimum atomic E-state index is -0.612. The van der Waals surface area contributed by atoms with Gasteiger partial charge in [-0.25, -0.2) is 0 Å². The molecule has 1 aromatic heterocycles. The maximum absolute atomic E-state index is 13.2. The topological polar surface area (TPSA) is 74.8 Å². The van der Waals surface area contributed by atoms with E-state index in [1.165, 1.54) is 0 Å². The Kier molecular flexibility index (Phi) is 5.99. The summed E-state index contributed by atoms with van der Waals surface area (Å²) in [4.78, 5) is 33.7. The average Bonchev–Trinajstić information content (AvgIpc) is 2.78. The van der Waals surface area contributed by atoms with Gasteiger partial charge in [-0.3, -0.25) is 14.6 Å². The first-order valence-corrected chi connectivity index (χ1v) is 10.5. The summed E-state index contributed by atoms with van der Waals surface area (Å²) in [6.45, 7) is 4.60. The zero-order valence-corrected chi connectivity index (χ0v) is 17.5. The van der Waals surface area contributed by atoms with Gasteiger partial charge in [-0.15, -0.1) is 0 Å². The molecule has 2 amide bonds. The summed E-state index contributed by atoms with van der Waals surface area (Å²) in [5, 5.41) is 2.81. The van der Waals surface area contributed by atoms with E-state index < -0.39 is 6.10 Å². The van der Waals surface area contributed by atoms with Gasteiger partial charge in [0.2, 0.25) is 0 Å². The van der Waals surface area contributed by atoms with Crippen LogP contribution in [0.5, 0.6) is 5.75 Å². The van der Waals surface area contributed by atoms with Crippen LogP contribution in [0.1, 0.15) is 35.8 Å². The van der Waals surface area contributed by atoms with Crippen molar-refractivity contribution in [2.75, 3.05) is 32.0 Å². The van der Waals surface area contributed by atoms with Crippen LogP contribution in [0.2, 0.25) is 0 Å². The molecule has 7 nitrogen and oxygen atoms in total. The molecule has 2 aromatic rings. The third-order valence-corrected chi connectivity index (χ3v) is 6.00. The van der Waals surface area contributed by atoms with Crippen molar-refractivity contribution < 1.29 is 14.3 Å². The Morgan fingerprint density at radius 2 is 2.03 bits per heavy atom. The summed E-state index contributed by atoms with van der Waals surface area (Å²) in [6, 6.07) is 11.5. The molecule has 2 aliphatic heterocycles. The molecule has 0 aliphatic carbocycles. The zero-order chi connectivity index (χ0) is 21.1. The smallest absolute Gasteiger partial charge is 0.265 e. The Balaban J connectivity index is 1.36. The molecule has 4 rings (SSSR count). The molecule has 1 N–H and O–H groups in total. The highest BCUT2D eigenvalue weighted by Gasteiger charge is 2.31. The van der Waals surface area contributed by atoms with E-state index in [4.69, 9.17) is 4.74 Å². The fourth-order valence-corrected chi connectivity index (χ4v) is 4.10. The second kappa shape index (κ2) is 8.83. The largest absolute Gasteiger partial charge is 0.478 e. The first kappa shape index (κ1) is 20.3. The number of nitrogens with zero attached hydrogens (tertiary/aromatic N) is 3. The van der Waals surface area contributed by atoms with E-state index in [1.807, 2.05) is 30.3 Å². The fourth-order valence-electron chi connectivity index (χ4n) is 4.10. The number of aromatic nitrogens is 1. The summed E-state index contributed by atoms with van der Waals surface area (Å²) >= 11 is 0. The Labute approximate surface area is 177 Å². The quantitative estimate of drug-likeness (QED) is 0.823. The second-order valence-corrected chi connectivity index (χ2v) is 7.99. The van der Waals surface area contributed by atoms with Crippen LogP contribution in [-0.4, -0.2) is 65.4 Å². The van der Waals surface area contributed by atoms with Crippen molar-refractivity contribution in [2.45, 2.75) is 38.3 Å². The highest BCUT2D eigenvalue weighted by molar-refractivity contribution is 6.04. The molecule has 2 aliphatic rings. The molecule has 1 saturated heterocycles. The lowest BCUT2D eigenvalue weighted by molar-refractivity contribution is -0.122. The minimum absolute atomic E-state index is 0.0675. The molecule has 3 heterocycles. The summed E-state index contributed by atoms with van der Waals surface area (Å²) in [5.74, 6) is 0.204. The van der Waals surface area contributed by atoms with Crippen LogP contribution in [0.4, 0.5) is 5.69 Å². The zero-order valence-electron chi connectivity index (χ0n) is 17.5. The van der Waals surface area contributed by atoms with Gasteiger partial charge < -0.3 is 19.9 Å². The van der Waals surface area contributed by atoms with Crippen LogP contribution in [0.15, 0.2) is 42.6 Å². The predicted molar refractivity (Wildman–Crippen MR) is 115 cm³/mol. The van der Waals surface area contributed by atoms with Crippen LogP contribution in [0, 0.1) is 0 Å². The summed E-state index contributed by atoms with van der Waals surface area (Å²) < 4.78 is 5.75. The van der Waals surface area contributed by atoms with Crippen LogP contribution < -0.4 is 10.1 Å². The number of amides is 2. The Morgan fingerprint density at radius 1 is 1.23 bits per heavy atom. The van der Waals surface area contributed by atoms with Crippen LogP contribution >= 0.6 is 0 Å². The number of nitrogens with one attached hydrogen (secondary N) is 1. The van der Waals surface area contributed by atoms with Crippen molar-refractivity contribution >= 4 is 17.5 Å². The molecular weight excluding hydrogens is 380 g/mol. The van der Waals surface area contributed by atoms with Crippen LogP contribution in [0.3, 0.4) is 0 Å². The number of ether oxygens (including phenoxy) is 1. The van der Waals surface area contributed by atoms with Crippen molar-refractivity contribution in [1.29, 1.82) is 0 Å². The van der Waals surface area contributed by atoms with Gasteiger partial charge in [0.1, 0.15) is 0 Å². The molecule has 1 aromatic carbocycles. The van der Waals surface area contributed by atoms with Crippen molar-refractivity contribution in [2.24, 2.45) is 0 Å². The van der Waals surface area contributed by atoms with Gasteiger partial charge in [0.15, 0.2) is 11.9 Å². The molecular formula is C23H28N4O3. The van der Waals surface area contributed by atoms with Gasteiger partial charge in [-0.2, -0.15) is 0 Å². The van der Waals surface area contributed by atoms with Crippen LogP contribution in [0.25, 0.3) is 0 Å². The average molecular weight is 409 g/mol. The van der Waals surface area contributed by atoms with Gasteiger partial charge >= 0.3 is 0 Å². The number of carbonyl (C=O) groups excluding carboxylic acids is 2. The monoisotopic (exact) mass is 408 g/mol. The third-order valence-electron chi connectivity index (χ3n) is 6.00. The van der Waals surface area contributed by atoms with Gasteiger partial charge in [0.25, 0.3) is 11.8 Å². The Morgan fingerprint density at radius 3 is 2.77 bits per heavy atom. The molecule has 1 atom stereocenters. The predicted octanol–water partition coefficient (Wildman–Crippen LogP) is 2.58. The second-order valence-electron chi connectivity index (χ2n) is 7.99. The lowest BCUT2D eigenvalue weighted by Gasteiger charge is -2.37. The van der Waals surface area contributed by atoms with Gasteiger partial charge in [0.05, 0.1) is 11.3 Å². The molecule has 1 unspecified atom stereocenters. The van der Waals surface area contributed by atoms with E-state index in [-0.39, 0.29) is 17.9 Å². The third kappa shape index (κ3) is 4.31. The molecule has 0 spiro atoms. The summed E-state index contributed by atoms with van der Waals surface area (Å²) in [6.07, 6.45) is 4.04. The van der Waals surface area contributed by atoms with Crippen molar-refractivity contribution in [1.82, 2.24) is 14.8 Å². The van der Waals surface area contributed by atoms with E-state index >= 15 is 0 Å². The van der Waals surface area contributed by atoms with Crippen molar-refractivity contribution in [3.8, 4) is 5.75 Å². The highest BCUT2D eigenvalue weighted by atomic mass is 16.5. The molecule has 158 valence electrons. The number of fused-ring (bicyclic) bond motifs is 1. The number of piperidine rings is 1. The van der Waals surface area contributed by atoms with Gasteiger partial charge in [0, 0.05) is 51.0 Å². The Bertz CT molecular complexity index is 910. The summed E-state index contributed by atoms with van der Waals surface area (Å²) in [5.41, 5.74) is 2.17. The molecule has 7 heteroatoms. The standard InChI is InChI=1S/C23H28N4O3/c1-16-22(28)25-20-8-5-7-19(21(20)30-16)23(29)26(2)18-10-14-27(15-11-18)13-9-17-6-3-4-12-24-17/h3-8,12,16,18H,9-11,13-15H2,1-2H3,(H,25,28). The fraction of sp³-hybridized carbons (Fsp3) is 0.435. The first-order chi connectivity index (χ1) is 14.5. The summed E-state index contributed by atoms with van der Waals surface area (Å²) in [7, 11) is 1.86. The normalized spacial score (nSPS) is 19.5. The molecule has 30 heavy (non-hydrogen) atoms. The lowest BCUT2D eigenvalue weighted by Crippen LogP contribution is -2.46. The number of pyridine rings is 1. The van der Waals surface area contributed by atoms with Gasteiger partial charge in [-0.1, -0.05) is 12.1 Å². The number of para-hydroxylation sites is 1. The number of hydrogen-bond donors (Lipinski definition) is 1. The lowest BCUT2D eigenvalue weighted by atomic mass is 10.0. The highest BCUT2D eigenvalue weighted by Crippen LogP contribution is 2.34. The number of benzene rings is 1. The number of carbonyl (C=O) groups is 2. The van der Waals surface area contributed by atoms with E-state index in [2.05, 4.69) is 21.3 Å². The number of hydrogen-bond acceptors (Lipinski definition) is 5. The van der Waals surface area contributed by atoms with E-state index in [9.17, 15) is 9.59 Å². The van der Waals surface area contributed by atoms with Gasteiger partial charge in [-0.05, 0) is 44.0 Å². The SMILES string of the molecule is CC1Oc2c(cccc2C(=O)N(C)C2CCN(CCc3ccccn3)CC2)NC1=O. The van der Waals surface area contributed by atoms with E-state index in [0.717, 1.165) is 44.6 Å². The molecule has 0 saturated carbocycles. The Hall–Kier alpha value is -2.93. The molecule has 0 radical (unpaired) electrons.